The summed E-state index contributed by atoms with van der Waals surface area (Å²) in [5.41, 5.74) is 3.36. The minimum atomic E-state index is -0.516. The van der Waals surface area contributed by atoms with E-state index in [1.54, 1.807) is 12.1 Å². The summed E-state index contributed by atoms with van der Waals surface area (Å²) in [4.78, 5) is 29.5. The van der Waals surface area contributed by atoms with Crippen LogP contribution in [0.4, 0.5) is 0 Å². The molecule has 6 nitrogen and oxygen atoms in total. The van der Waals surface area contributed by atoms with E-state index in [9.17, 15) is 9.59 Å². The van der Waals surface area contributed by atoms with Crippen LogP contribution < -0.4 is 10.3 Å². The van der Waals surface area contributed by atoms with Gasteiger partial charge in [-0.1, -0.05) is 12.1 Å². The van der Waals surface area contributed by atoms with Gasteiger partial charge < -0.3 is 9.15 Å². The Labute approximate surface area is 166 Å². The van der Waals surface area contributed by atoms with Gasteiger partial charge in [-0.3, -0.25) is 9.36 Å². The largest absolute Gasteiger partial charge is 0.461 e. The fourth-order valence-electron chi connectivity index (χ4n) is 4.06. The molecular formula is C23H20N2O4. The van der Waals surface area contributed by atoms with Gasteiger partial charge in [0.1, 0.15) is 23.6 Å². The van der Waals surface area contributed by atoms with Crippen molar-refractivity contribution in [3.8, 4) is 5.75 Å². The smallest absolute Gasteiger partial charge is 0.331 e. The standard InChI is InChI=1S/C23H20N2O4/c1-14-5-4-7-17-22(14)24-13-25(23(17)27)12-21(26)28-15-9-10-20-18(11-15)16-6-2-3-8-19(16)29-20/h4-5,7,9-11,13H,2-3,6,8,12H2,1H3. The average Bonchev–Trinajstić information content (AvgIpc) is 3.09. The van der Waals surface area contributed by atoms with Crippen LogP contribution in [0.15, 0.2) is 51.9 Å². The van der Waals surface area contributed by atoms with Gasteiger partial charge >= 0.3 is 5.97 Å². The number of nitrogens with zero attached hydrogens (tertiary/aromatic N) is 2. The number of ether oxygens (including phenoxy) is 1. The quantitative estimate of drug-likeness (QED) is 0.393. The summed E-state index contributed by atoms with van der Waals surface area (Å²) in [5, 5.41) is 1.50. The highest BCUT2D eigenvalue weighted by Gasteiger charge is 2.19. The van der Waals surface area contributed by atoms with Crippen LogP contribution in [0.25, 0.3) is 21.9 Å². The van der Waals surface area contributed by atoms with E-state index < -0.39 is 5.97 Å². The van der Waals surface area contributed by atoms with Crippen molar-refractivity contribution in [2.75, 3.05) is 0 Å². The number of benzene rings is 2. The Hall–Kier alpha value is -3.41. The third-order valence-corrected chi connectivity index (χ3v) is 5.51. The number of aromatic nitrogens is 2. The van der Waals surface area contributed by atoms with Gasteiger partial charge in [-0.05, 0) is 56.0 Å². The SMILES string of the molecule is Cc1cccc2c(=O)n(CC(=O)Oc3ccc4oc5c(c4c3)CCCC5)cnc12. The van der Waals surface area contributed by atoms with Crippen LogP contribution in [0.3, 0.4) is 0 Å². The molecule has 146 valence electrons. The molecule has 0 amide bonds. The number of rotatable bonds is 3. The lowest BCUT2D eigenvalue weighted by molar-refractivity contribution is -0.135. The predicted molar refractivity (Wildman–Crippen MR) is 109 cm³/mol. The average molecular weight is 388 g/mol. The summed E-state index contributed by atoms with van der Waals surface area (Å²) in [6.07, 6.45) is 5.62. The van der Waals surface area contributed by atoms with Crippen LogP contribution in [0.1, 0.15) is 29.7 Å². The molecule has 2 heterocycles. The second-order valence-corrected chi connectivity index (χ2v) is 7.49. The van der Waals surface area contributed by atoms with Crippen molar-refractivity contribution in [2.45, 2.75) is 39.2 Å². The minimum absolute atomic E-state index is 0.197. The molecule has 4 aromatic rings. The summed E-state index contributed by atoms with van der Waals surface area (Å²) >= 11 is 0. The number of para-hydroxylation sites is 1. The number of fused-ring (bicyclic) bond motifs is 4. The van der Waals surface area contributed by atoms with Crippen molar-refractivity contribution in [2.24, 2.45) is 0 Å². The molecule has 0 saturated carbocycles. The Morgan fingerprint density at radius 1 is 1.17 bits per heavy atom. The topological polar surface area (TPSA) is 74.3 Å². The molecule has 0 atom stereocenters. The maximum Gasteiger partial charge on any atom is 0.331 e. The first-order valence-corrected chi connectivity index (χ1v) is 9.80. The first-order chi connectivity index (χ1) is 14.1. The molecule has 0 radical (unpaired) electrons. The molecule has 0 aliphatic heterocycles. The van der Waals surface area contributed by atoms with Gasteiger partial charge in [0.15, 0.2) is 0 Å². The highest BCUT2D eigenvalue weighted by molar-refractivity contribution is 5.85. The van der Waals surface area contributed by atoms with E-state index in [1.807, 2.05) is 31.2 Å². The van der Waals surface area contributed by atoms with Gasteiger partial charge in [-0.15, -0.1) is 0 Å². The highest BCUT2D eigenvalue weighted by Crippen LogP contribution is 2.34. The Morgan fingerprint density at radius 2 is 2.03 bits per heavy atom. The summed E-state index contributed by atoms with van der Waals surface area (Å²) in [6.45, 7) is 1.70. The lowest BCUT2D eigenvalue weighted by Gasteiger charge is -2.09. The van der Waals surface area contributed by atoms with E-state index in [4.69, 9.17) is 9.15 Å². The van der Waals surface area contributed by atoms with Gasteiger partial charge in [-0.25, -0.2) is 9.78 Å². The zero-order valence-electron chi connectivity index (χ0n) is 16.1. The van der Waals surface area contributed by atoms with Crippen LogP contribution >= 0.6 is 0 Å². The van der Waals surface area contributed by atoms with E-state index >= 15 is 0 Å². The van der Waals surface area contributed by atoms with Crippen LogP contribution in [0.2, 0.25) is 0 Å². The molecule has 0 saturated heterocycles. The number of furan rings is 1. The third-order valence-electron chi connectivity index (χ3n) is 5.51. The minimum Gasteiger partial charge on any atom is -0.461 e. The molecule has 0 bridgehead atoms. The van der Waals surface area contributed by atoms with Crippen molar-refractivity contribution in [3.63, 3.8) is 0 Å². The van der Waals surface area contributed by atoms with E-state index in [0.29, 0.717) is 16.7 Å². The summed E-state index contributed by atoms with van der Waals surface area (Å²) in [5.74, 6) is 0.978. The van der Waals surface area contributed by atoms with Gasteiger partial charge in [0, 0.05) is 17.4 Å². The number of carbonyl (C=O) groups excluding carboxylic acids is 1. The monoisotopic (exact) mass is 388 g/mol. The van der Waals surface area contributed by atoms with Crippen molar-refractivity contribution in [3.05, 3.63) is 70.0 Å². The van der Waals surface area contributed by atoms with E-state index in [2.05, 4.69) is 4.98 Å². The van der Waals surface area contributed by atoms with Crippen molar-refractivity contribution >= 4 is 27.8 Å². The molecule has 0 spiro atoms. The summed E-state index contributed by atoms with van der Waals surface area (Å²) in [6, 6.07) is 10.8. The van der Waals surface area contributed by atoms with Gasteiger partial charge in [0.05, 0.1) is 17.2 Å². The van der Waals surface area contributed by atoms with E-state index in [0.717, 1.165) is 48.0 Å². The number of aryl methyl sites for hydroxylation is 3. The molecule has 1 aliphatic rings. The predicted octanol–water partition coefficient (Wildman–Crippen LogP) is 3.94. The molecule has 2 aromatic carbocycles. The first kappa shape index (κ1) is 17.7. The molecular weight excluding hydrogens is 368 g/mol. The molecule has 5 rings (SSSR count). The lowest BCUT2D eigenvalue weighted by Crippen LogP contribution is -2.27. The second kappa shape index (κ2) is 6.88. The van der Waals surface area contributed by atoms with Crippen LogP contribution in [0.5, 0.6) is 5.75 Å². The Balaban J connectivity index is 1.40. The second-order valence-electron chi connectivity index (χ2n) is 7.49. The summed E-state index contributed by atoms with van der Waals surface area (Å²) < 4.78 is 12.7. The fraction of sp³-hybridized carbons (Fsp3) is 0.261. The van der Waals surface area contributed by atoms with Crippen LogP contribution in [-0.2, 0) is 24.2 Å². The highest BCUT2D eigenvalue weighted by atomic mass is 16.5. The third kappa shape index (κ3) is 3.10. The number of hydrogen-bond acceptors (Lipinski definition) is 5. The van der Waals surface area contributed by atoms with Crippen molar-refractivity contribution in [1.29, 1.82) is 0 Å². The van der Waals surface area contributed by atoms with Crippen molar-refractivity contribution in [1.82, 2.24) is 9.55 Å². The molecule has 29 heavy (non-hydrogen) atoms. The maximum absolute atomic E-state index is 12.7. The number of hydrogen-bond donors (Lipinski definition) is 0. The first-order valence-electron chi connectivity index (χ1n) is 9.80. The Bertz CT molecular complexity index is 1320. The van der Waals surface area contributed by atoms with Crippen LogP contribution in [0, 0.1) is 6.92 Å². The number of carbonyl (C=O) groups is 1. The van der Waals surface area contributed by atoms with Crippen LogP contribution in [-0.4, -0.2) is 15.5 Å². The molecule has 2 aromatic heterocycles. The maximum atomic E-state index is 12.7. The van der Waals surface area contributed by atoms with Crippen molar-refractivity contribution < 1.29 is 13.9 Å². The van der Waals surface area contributed by atoms with Gasteiger partial charge in [-0.2, -0.15) is 0 Å². The van der Waals surface area contributed by atoms with E-state index in [-0.39, 0.29) is 12.1 Å². The molecule has 6 heteroatoms. The molecule has 0 unspecified atom stereocenters. The Kier molecular flexibility index (Phi) is 4.19. The van der Waals surface area contributed by atoms with E-state index in [1.165, 1.54) is 16.5 Å². The zero-order valence-corrected chi connectivity index (χ0v) is 16.1. The van der Waals surface area contributed by atoms with Gasteiger partial charge in [0.25, 0.3) is 5.56 Å². The molecule has 0 fully saturated rings. The zero-order chi connectivity index (χ0) is 20.0. The lowest BCUT2D eigenvalue weighted by atomic mass is 9.96. The Morgan fingerprint density at radius 3 is 2.93 bits per heavy atom. The summed E-state index contributed by atoms with van der Waals surface area (Å²) in [7, 11) is 0. The molecule has 1 aliphatic carbocycles. The molecule has 0 N–H and O–H groups in total. The normalized spacial score (nSPS) is 13.6. The van der Waals surface area contributed by atoms with Gasteiger partial charge in [0.2, 0.25) is 0 Å². The number of esters is 1. The fourth-order valence-corrected chi connectivity index (χ4v) is 4.06.